The number of piperidine rings is 2. The molecule has 0 aromatic rings. The van der Waals surface area contributed by atoms with Gasteiger partial charge in [-0.1, -0.05) is 12.8 Å². The summed E-state index contributed by atoms with van der Waals surface area (Å²) < 4.78 is 36.9. The van der Waals surface area contributed by atoms with Crippen LogP contribution >= 0.6 is 0 Å². The minimum atomic E-state index is -4.02. The van der Waals surface area contributed by atoms with Crippen molar-refractivity contribution in [3.8, 4) is 0 Å². The molecule has 82 valence electrons. The topological polar surface area (TPSA) is 3.24 Å². The molecule has 0 spiro atoms. The van der Waals surface area contributed by atoms with Crippen molar-refractivity contribution in [2.45, 2.75) is 56.8 Å². The summed E-state index contributed by atoms with van der Waals surface area (Å²) in [6.07, 6.45) is 2.07. The van der Waals surface area contributed by atoms with Crippen LogP contribution in [0.3, 0.4) is 0 Å². The van der Waals surface area contributed by atoms with Crippen LogP contribution in [0.4, 0.5) is 13.2 Å². The summed E-state index contributed by atoms with van der Waals surface area (Å²) in [6, 6.07) is 0.424. The van der Waals surface area contributed by atoms with E-state index in [9.17, 15) is 13.2 Å². The van der Waals surface area contributed by atoms with Crippen LogP contribution in [0.5, 0.6) is 0 Å². The predicted octanol–water partition coefficient (Wildman–Crippen LogP) is 2.96. The number of halogens is 3. The van der Waals surface area contributed by atoms with Gasteiger partial charge in [0.25, 0.3) is 0 Å². The first-order valence-electron chi connectivity index (χ1n) is 5.39. The highest BCUT2D eigenvalue weighted by molar-refractivity contribution is 4.89. The van der Waals surface area contributed by atoms with E-state index in [1.165, 1.54) is 0 Å². The first-order chi connectivity index (χ1) is 6.56. The van der Waals surface area contributed by atoms with Crippen LogP contribution in [0.1, 0.15) is 38.5 Å². The second-order valence-corrected chi connectivity index (χ2v) is 4.46. The van der Waals surface area contributed by atoms with Gasteiger partial charge in [0.15, 0.2) is 0 Å². The van der Waals surface area contributed by atoms with Crippen molar-refractivity contribution in [1.29, 1.82) is 0 Å². The Balaban J connectivity index is 2.01. The van der Waals surface area contributed by atoms with Crippen LogP contribution in [0.2, 0.25) is 0 Å². The lowest BCUT2D eigenvalue weighted by Gasteiger charge is -2.46. The van der Waals surface area contributed by atoms with E-state index in [4.69, 9.17) is 0 Å². The van der Waals surface area contributed by atoms with E-state index in [1.54, 1.807) is 4.90 Å². The lowest BCUT2D eigenvalue weighted by Crippen LogP contribution is -2.52. The molecule has 2 bridgehead atoms. The van der Waals surface area contributed by atoms with Crippen molar-refractivity contribution in [2.75, 3.05) is 6.54 Å². The van der Waals surface area contributed by atoms with E-state index >= 15 is 0 Å². The summed E-state index contributed by atoms with van der Waals surface area (Å²) in [6.45, 7) is -0.692. The fourth-order valence-electron chi connectivity index (χ4n) is 2.89. The molecular formula is C10H16F3N. The summed E-state index contributed by atoms with van der Waals surface area (Å²) in [5.41, 5.74) is 0. The summed E-state index contributed by atoms with van der Waals surface area (Å²) in [5, 5.41) is 0. The molecule has 0 unspecified atom stereocenters. The molecule has 4 heteroatoms. The van der Waals surface area contributed by atoms with Crippen LogP contribution in [0.15, 0.2) is 0 Å². The molecule has 0 N–H and O–H groups in total. The SMILES string of the molecule is FC(F)(F)CN1C2CCCC1CCC2. The maximum Gasteiger partial charge on any atom is 0.401 e. The summed E-state index contributed by atoms with van der Waals surface area (Å²) in [4.78, 5) is 1.70. The minimum absolute atomic E-state index is 0.212. The average molecular weight is 207 g/mol. The molecule has 2 aliphatic rings. The summed E-state index contributed by atoms with van der Waals surface area (Å²) in [5.74, 6) is 0. The Morgan fingerprint density at radius 2 is 1.36 bits per heavy atom. The number of alkyl halides is 3. The van der Waals surface area contributed by atoms with Gasteiger partial charge in [-0.2, -0.15) is 13.2 Å². The van der Waals surface area contributed by atoms with Gasteiger partial charge in [-0.15, -0.1) is 0 Å². The van der Waals surface area contributed by atoms with Crippen LogP contribution in [-0.2, 0) is 0 Å². The number of fused-ring (bicyclic) bond motifs is 2. The fourth-order valence-corrected chi connectivity index (χ4v) is 2.89. The van der Waals surface area contributed by atoms with Crippen molar-refractivity contribution >= 4 is 0 Å². The smallest absolute Gasteiger partial charge is 0.289 e. The molecule has 2 heterocycles. The van der Waals surface area contributed by atoms with E-state index in [0.29, 0.717) is 0 Å². The van der Waals surface area contributed by atoms with Crippen LogP contribution in [-0.4, -0.2) is 29.7 Å². The zero-order valence-corrected chi connectivity index (χ0v) is 8.19. The van der Waals surface area contributed by atoms with E-state index in [2.05, 4.69) is 0 Å². The average Bonchev–Trinajstić information content (AvgIpc) is 1.99. The lowest BCUT2D eigenvalue weighted by molar-refractivity contribution is -0.165. The van der Waals surface area contributed by atoms with E-state index < -0.39 is 12.7 Å². The van der Waals surface area contributed by atoms with Gasteiger partial charge in [0.1, 0.15) is 0 Å². The Morgan fingerprint density at radius 1 is 0.929 bits per heavy atom. The molecule has 1 nitrogen and oxygen atoms in total. The van der Waals surface area contributed by atoms with Crippen LogP contribution in [0.25, 0.3) is 0 Å². The van der Waals surface area contributed by atoms with Gasteiger partial charge in [0.05, 0.1) is 6.54 Å². The molecular weight excluding hydrogens is 191 g/mol. The highest BCUT2D eigenvalue weighted by Gasteiger charge is 2.40. The van der Waals surface area contributed by atoms with Crippen molar-refractivity contribution in [2.24, 2.45) is 0 Å². The quantitative estimate of drug-likeness (QED) is 0.639. The van der Waals surface area contributed by atoms with Crippen molar-refractivity contribution in [1.82, 2.24) is 4.90 Å². The number of nitrogens with zero attached hydrogens (tertiary/aromatic N) is 1. The molecule has 0 amide bonds. The Hall–Kier alpha value is -0.250. The van der Waals surface area contributed by atoms with Gasteiger partial charge < -0.3 is 0 Å². The second-order valence-electron chi connectivity index (χ2n) is 4.46. The monoisotopic (exact) mass is 207 g/mol. The highest BCUT2D eigenvalue weighted by Crippen LogP contribution is 2.35. The Kier molecular flexibility index (Phi) is 2.73. The molecule has 0 aliphatic carbocycles. The maximum atomic E-state index is 12.3. The molecule has 0 radical (unpaired) electrons. The first-order valence-corrected chi connectivity index (χ1v) is 5.39. The molecule has 0 aromatic carbocycles. The summed E-state index contributed by atoms with van der Waals surface area (Å²) in [7, 11) is 0. The largest absolute Gasteiger partial charge is 0.401 e. The maximum absolute atomic E-state index is 12.3. The Bertz CT molecular complexity index is 180. The molecule has 2 rings (SSSR count). The van der Waals surface area contributed by atoms with E-state index in [0.717, 1.165) is 38.5 Å². The lowest BCUT2D eigenvalue weighted by atomic mass is 9.84. The number of hydrogen-bond acceptors (Lipinski definition) is 1. The molecule has 0 aromatic heterocycles. The van der Waals surface area contributed by atoms with E-state index in [-0.39, 0.29) is 12.1 Å². The Morgan fingerprint density at radius 3 is 1.71 bits per heavy atom. The zero-order valence-electron chi connectivity index (χ0n) is 8.19. The van der Waals surface area contributed by atoms with Gasteiger partial charge in [0.2, 0.25) is 0 Å². The van der Waals surface area contributed by atoms with E-state index in [1.807, 2.05) is 0 Å². The third-order valence-corrected chi connectivity index (χ3v) is 3.45. The molecule has 2 fully saturated rings. The number of hydrogen-bond donors (Lipinski definition) is 0. The Labute approximate surface area is 82.3 Å². The molecule has 2 saturated heterocycles. The third kappa shape index (κ3) is 2.22. The second kappa shape index (κ2) is 3.72. The van der Waals surface area contributed by atoms with Gasteiger partial charge >= 0.3 is 6.18 Å². The zero-order chi connectivity index (χ0) is 10.2. The first kappa shape index (κ1) is 10.3. The fraction of sp³-hybridized carbons (Fsp3) is 1.00. The van der Waals surface area contributed by atoms with Gasteiger partial charge in [0, 0.05) is 12.1 Å². The van der Waals surface area contributed by atoms with Gasteiger partial charge in [-0.25, -0.2) is 0 Å². The minimum Gasteiger partial charge on any atom is -0.289 e. The van der Waals surface area contributed by atoms with Gasteiger partial charge in [-0.05, 0) is 25.7 Å². The standard InChI is InChI=1S/C10H16F3N/c11-10(12,13)7-14-8-3-1-4-9(14)6-2-5-8/h8-9H,1-7H2. The van der Waals surface area contributed by atoms with Crippen molar-refractivity contribution in [3.63, 3.8) is 0 Å². The summed E-state index contributed by atoms with van der Waals surface area (Å²) >= 11 is 0. The predicted molar refractivity (Wildman–Crippen MR) is 48.0 cm³/mol. The highest BCUT2D eigenvalue weighted by atomic mass is 19.4. The number of rotatable bonds is 1. The molecule has 0 saturated carbocycles. The van der Waals surface area contributed by atoms with Crippen LogP contribution in [0, 0.1) is 0 Å². The normalized spacial score (nSPS) is 34.5. The van der Waals surface area contributed by atoms with Crippen LogP contribution < -0.4 is 0 Å². The van der Waals surface area contributed by atoms with Crippen molar-refractivity contribution in [3.05, 3.63) is 0 Å². The molecule has 2 aliphatic heterocycles. The molecule has 14 heavy (non-hydrogen) atoms. The molecule has 0 atom stereocenters. The van der Waals surface area contributed by atoms with Crippen molar-refractivity contribution < 1.29 is 13.2 Å². The van der Waals surface area contributed by atoms with Gasteiger partial charge in [-0.3, -0.25) is 4.90 Å². The third-order valence-electron chi connectivity index (χ3n) is 3.45.